The van der Waals surface area contributed by atoms with Crippen molar-refractivity contribution in [3.05, 3.63) is 30.3 Å². The van der Waals surface area contributed by atoms with Gasteiger partial charge in [-0.1, -0.05) is 18.7 Å². The molecular formula is C21H28F2O4. The molecule has 0 radical (unpaired) electrons. The number of halogens is 2. The first kappa shape index (κ1) is 21.2. The molecule has 2 unspecified atom stereocenters. The van der Waals surface area contributed by atoms with E-state index in [1.54, 1.807) is 18.2 Å². The number of carbonyl (C=O) groups is 1. The molecule has 6 heteroatoms. The Bertz CT molecular complexity index is 652. The lowest BCUT2D eigenvalue weighted by molar-refractivity contribution is -0.155. The van der Waals surface area contributed by atoms with Crippen LogP contribution in [-0.2, 0) is 9.53 Å². The Kier molecular flexibility index (Phi) is 7.22. The van der Waals surface area contributed by atoms with E-state index >= 15 is 0 Å². The van der Waals surface area contributed by atoms with Crippen LogP contribution in [-0.4, -0.2) is 24.3 Å². The van der Waals surface area contributed by atoms with Gasteiger partial charge in [0.2, 0.25) is 0 Å². The van der Waals surface area contributed by atoms with E-state index in [0.29, 0.717) is 18.1 Å². The lowest BCUT2D eigenvalue weighted by Crippen LogP contribution is -2.24. The van der Waals surface area contributed by atoms with Crippen LogP contribution in [0.3, 0.4) is 0 Å². The van der Waals surface area contributed by atoms with Gasteiger partial charge in [0, 0.05) is 6.42 Å². The van der Waals surface area contributed by atoms with Crippen molar-refractivity contribution in [2.24, 2.45) is 5.92 Å². The first-order valence-electron chi connectivity index (χ1n) is 9.26. The number of alkyl halides is 2. The van der Waals surface area contributed by atoms with Crippen LogP contribution in [0.25, 0.3) is 6.08 Å². The zero-order chi connectivity index (χ0) is 20.0. The largest absolute Gasteiger partial charge is 0.487 e. The highest BCUT2D eigenvalue weighted by atomic mass is 19.3. The molecule has 0 spiro atoms. The highest BCUT2D eigenvalue weighted by Crippen LogP contribution is 2.36. The first-order chi connectivity index (χ1) is 12.7. The number of esters is 1. The van der Waals surface area contributed by atoms with E-state index in [1.165, 1.54) is 6.07 Å². The molecular weight excluding hydrogens is 354 g/mol. The highest BCUT2D eigenvalue weighted by Gasteiger charge is 2.28. The van der Waals surface area contributed by atoms with Crippen LogP contribution in [0.15, 0.2) is 24.8 Å². The molecule has 0 N–H and O–H groups in total. The molecule has 2 atom stereocenters. The van der Waals surface area contributed by atoms with Crippen LogP contribution >= 0.6 is 0 Å². The van der Waals surface area contributed by atoms with E-state index in [-0.39, 0.29) is 17.8 Å². The molecule has 4 nitrogen and oxygen atoms in total. The second kappa shape index (κ2) is 9.20. The number of rotatable bonds is 8. The van der Waals surface area contributed by atoms with Gasteiger partial charge in [0.15, 0.2) is 11.5 Å². The number of hydrogen-bond donors (Lipinski definition) is 0. The minimum absolute atomic E-state index is 0.0211. The van der Waals surface area contributed by atoms with Gasteiger partial charge in [-0.25, -0.2) is 0 Å². The fourth-order valence-electron chi connectivity index (χ4n) is 3.23. The summed E-state index contributed by atoms with van der Waals surface area (Å²) in [6, 6.07) is 4.77. The minimum atomic E-state index is -2.91. The molecule has 0 aliphatic heterocycles. The van der Waals surface area contributed by atoms with E-state index in [0.717, 1.165) is 31.2 Å². The third-order valence-electron chi connectivity index (χ3n) is 4.38. The van der Waals surface area contributed by atoms with Crippen molar-refractivity contribution in [2.75, 3.05) is 0 Å². The van der Waals surface area contributed by atoms with Crippen molar-refractivity contribution < 1.29 is 27.8 Å². The van der Waals surface area contributed by atoms with Crippen molar-refractivity contribution in [3.8, 4) is 11.5 Å². The summed E-state index contributed by atoms with van der Waals surface area (Å²) in [5.41, 5.74) is 0.293. The molecule has 1 aromatic carbocycles. The van der Waals surface area contributed by atoms with Crippen molar-refractivity contribution >= 4 is 12.0 Å². The average Bonchev–Trinajstić information content (AvgIpc) is 3.00. The second-order valence-electron chi connectivity index (χ2n) is 7.83. The van der Waals surface area contributed by atoms with Gasteiger partial charge >= 0.3 is 12.6 Å². The van der Waals surface area contributed by atoms with Gasteiger partial charge in [-0.05, 0) is 70.1 Å². The topological polar surface area (TPSA) is 44.8 Å². The zero-order valence-corrected chi connectivity index (χ0v) is 16.2. The second-order valence-corrected chi connectivity index (χ2v) is 7.83. The van der Waals surface area contributed by atoms with Crippen LogP contribution in [0.5, 0.6) is 11.5 Å². The van der Waals surface area contributed by atoms with Crippen molar-refractivity contribution in [1.82, 2.24) is 0 Å². The number of carbonyl (C=O) groups excluding carboxylic acids is 1. The summed E-state index contributed by atoms with van der Waals surface area (Å²) >= 11 is 0. The summed E-state index contributed by atoms with van der Waals surface area (Å²) in [4.78, 5) is 11.9. The molecule has 0 aromatic heterocycles. The van der Waals surface area contributed by atoms with Gasteiger partial charge in [-0.3, -0.25) is 4.79 Å². The Morgan fingerprint density at radius 3 is 2.67 bits per heavy atom. The van der Waals surface area contributed by atoms with Crippen LogP contribution < -0.4 is 9.47 Å². The number of ether oxygens (including phenoxy) is 3. The molecule has 0 saturated heterocycles. The normalized spacial score (nSPS) is 19.8. The molecule has 2 rings (SSSR count). The summed E-state index contributed by atoms with van der Waals surface area (Å²) in [7, 11) is 0. The third-order valence-corrected chi connectivity index (χ3v) is 4.38. The van der Waals surface area contributed by atoms with E-state index in [4.69, 9.17) is 9.47 Å². The molecule has 0 heterocycles. The monoisotopic (exact) mass is 382 g/mol. The Morgan fingerprint density at radius 2 is 2.04 bits per heavy atom. The van der Waals surface area contributed by atoms with Crippen LogP contribution in [0, 0.1) is 5.92 Å². The van der Waals surface area contributed by atoms with Gasteiger partial charge < -0.3 is 14.2 Å². The van der Waals surface area contributed by atoms with Crippen molar-refractivity contribution in [1.29, 1.82) is 0 Å². The van der Waals surface area contributed by atoms with Crippen LogP contribution in [0.4, 0.5) is 8.78 Å². The SMILES string of the molecule is C=Cc1ccc(OC(F)F)c(OC2CCC(CCC(=O)OC(C)(C)C)C2)c1. The van der Waals surface area contributed by atoms with Gasteiger partial charge in [0.1, 0.15) is 5.60 Å². The lowest BCUT2D eigenvalue weighted by atomic mass is 10.0. The van der Waals surface area contributed by atoms with Crippen LogP contribution in [0.2, 0.25) is 0 Å². The predicted octanol–water partition coefficient (Wildman–Crippen LogP) is 5.60. The van der Waals surface area contributed by atoms with Crippen LogP contribution in [0.1, 0.15) is 58.4 Å². The molecule has 27 heavy (non-hydrogen) atoms. The Hall–Kier alpha value is -2.11. The smallest absolute Gasteiger partial charge is 0.387 e. The molecule has 0 amide bonds. The Morgan fingerprint density at radius 1 is 1.30 bits per heavy atom. The standard InChI is InChI=1S/C21H28F2O4/c1-5-14-7-10-17(26-20(22)23)18(13-14)25-16-9-6-15(12-16)8-11-19(24)27-21(2,3)4/h5,7,10,13,15-16,20H,1,6,8-9,11-12H2,2-4H3. The highest BCUT2D eigenvalue weighted by molar-refractivity contribution is 5.69. The quantitative estimate of drug-likeness (QED) is 0.549. The van der Waals surface area contributed by atoms with Gasteiger partial charge in [-0.2, -0.15) is 8.78 Å². The van der Waals surface area contributed by atoms with E-state index < -0.39 is 12.2 Å². The number of hydrogen-bond acceptors (Lipinski definition) is 4. The lowest BCUT2D eigenvalue weighted by Gasteiger charge is -2.20. The van der Waals surface area contributed by atoms with E-state index in [1.807, 2.05) is 20.8 Å². The van der Waals surface area contributed by atoms with Gasteiger partial charge in [0.05, 0.1) is 6.10 Å². The summed E-state index contributed by atoms with van der Waals surface area (Å²) in [5, 5.41) is 0. The Balaban J connectivity index is 1.90. The molecule has 150 valence electrons. The number of benzene rings is 1. The average molecular weight is 382 g/mol. The fourth-order valence-corrected chi connectivity index (χ4v) is 3.23. The molecule has 1 fully saturated rings. The molecule has 1 aromatic rings. The first-order valence-corrected chi connectivity index (χ1v) is 9.26. The van der Waals surface area contributed by atoms with Crippen molar-refractivity contribution in [2.45, 2.75) is 71.2 Å². The summed E-state index contributed by atoms with van der Waals surface area (Å²) < 4.78 is 41.1. The minimum Gasteiger partial charge on any atom is -0.487 e. The van der Waals surface area contributed by atoms with E-state index in [9.17, 15) is 13.6 Å². The zero-order valence-electron chi connectivity index (χ0n) is 16.2. The maximum absolute atomic E-state index is 12.6. The third kappa shape index (κ3) is 7.19. The van der Waals surface area contributed by atoms with E-state index in [2.05, 4.69) is 11.3 Å². The Labute approximate surface area is 159 Å². The maximum Gasteiger partial charge on any atom is 0.387 e. The van der Waals surface area contributed by atoms with Crippen molar-refractivity contribution in [3.63, 3.8) is 0 Å². The maximum atomic E-state index is 12.6. The summed E-state index contributed by atoms with van der Waals surface area (Å²) in [5.74, 6) is 0.473. The summed E-state index contributed by atoms with van der Waals surface area (Å²) in [6.45, 7) is 6.32. The van der Waals surface area contributed by atoms with Gasteiger partial charge in [0.25, 0.3) is 0 Å². The molecule has 1 saturated carbocycles. The molecule has 1 aliphatic carbocycles. The molecule has 1 aliphatic rings. The molecule has 0 bridgehead atoms. The predicted molar refractivity (Wildman–Crippen MR) is 100 cm³/mol. The fraction of sp³-hybridized carbons (Fsp3) is 0.571. The summed E-state index contributed by atoms with van der Waals surface area (Å²) in [6.07, 6.45) is 5.16. The van der Waals surface area contributed by atoms with Gasteiger partial charge in [-0.15, -0.1) is 0 Å².